The molecule has 0 aliphatic heterocycles. The van der Waals surface area contributed by atoms with E-state index in [1.165, 1.54) is 0 Å². The Morgan fingerprint density at radius 3 is 2.33 bits per heavy atom. The number of hydrogen-bond acceptors (Lipinski definition) is 3. The molecule has 2 N–H and O–H groups in total. The monoisotopic (exact) mass is 336 g/mol. The molecule has 0 saturated heterocycles. The molecule has 0 saturated carbocycles. The maximum atomic E-state index is 13.5. The van der Waals surface area contributed by atoms with E-state index in [0.717, 1.165) is 35.2 Å². The summed E-state index contributed by atoms with van der Waals surface area (Å²) >= 11 is 0. The Balaban J connectivity index is 2.03. The average molecular weight is 336 g/mol. The van der Waals surface area contributed by atoms with Crippen LogP contribution < -0.4 is 10.6 Å². The van der Waals surface area contributed by atoms with Gasteiger partial charge in [0, 0.05) is 24.3 Å². The van der Waals surface area contributed by atoms with Crippen LogP contribution in [0.25, 0.3) is 0 Å². The van der Waals surface area contributed by atoms with E-state index in [1.807, 2.05) is 19.2 Å². The van der Waals surface area contributed by atoms with Crippen LogP contribution in [0.5, 0.6) is 0 Å². The van der Waals surface area contributed by atoms with Crippen molar-refractivity contribution in [1.29, 1.82) is 0 Å². The average Bonchev–Trinajstić information content (AvgIpc) is 2.82. The number of amides is 2. The Labute approximate surface area is 137 Å². The zero-order valence-corrected chi connectivity index (χ0v) is 13.6. The summed E-state index contributed by atoms with van der Waals surface area (Å²) in [6, 6.07) is 3.14. The molecule has 0 unspecified atom stereocenters. The molecule has 0 aliphatic rings. The van der Waals surface area contributed by atoms with Gasteiger partial charge in [0.25, 0.3) is 0 Å². The van der Waals surface area contributed by atoms with Gasteiger partial charge in [-0.1, -0.05) is 6.07 Å². The number of carbonyl (C=O) groups excluding carboxylic acids is 2. The number of anilines is 1. The summed E-state index contributed by atoms with van der Waals surface area (Å²) in [4.78, 5) is 23.6. The number of nitrogens with zero attached hydrogens (tertiary/aromatic N) is 2. The molecule has 1 aromatic heterocycles. The van der Waals surface area contributed by atoms with Crippen molar-refractivity contribution in [1.82, 2.24) is 15.1 Å². The van der Waals surface area contributed by atoms with Crippen molar-refractivity contribution in [3.8, 4) is 0 Å². The highest BCUT2D eigenvalue weighted by atomic mass is 19.1. The van der Waals surface area contributed by atoms with Crippen molar-refractivity contribution in [3.63, 3.8) is 0 Å². The first-order valence-corrected chi connectivity index (χ1v) is 7.41. The van der Waals surface area contributed by atoms with Crippen LogP contribution in [0.15, 0.2) is 18.2 Å². The van der Waals surface area contributed by atoms with Gasteiger partial charge in [0.05, 0.1) is 5.69 Å². The van der Waals surface area contributed by atoms with Gasteiger partial charge in [0.1, 0.15) is 17.3 Å². The number of aromatic nitrogens is 2. The van der Waals surface area contributed by atoms with Gasteiger partial charge >= 0.3 is 11.8 Å². The molecule has 128 valence electrons. The largest absolute Gasteiger partial charge is 0.344 e. The van der Waals surface area contributed by atoms with Gasteiger partial charge in [0.2, 0.25) is 0 Å². The summed E-state index contributed by atoms with van der Waals surface area (Å²) in [5.74, 6) is -4.03. The van der Waals surface area contributed by atoms with Crippen LogP contribution >= 0.6 is 0 Å². The Hall–Kier alpha value is -2.77. The number of carbonyl (C=O) groups is 2. The minimum Gasteiger partial charge on any atom is -0.344 e. The van der Waals surface area contributed by atoms with Crippen molar-refractivity contribution in [3.05, 3.63) is 46.8 Å². The van der Waals surface area contributed by atoms with E-state index in [0.29, 0.717) is 6.54 Å². The lowest BCUT2D eigenvalue weighted by molar-refractivity contribution is -0.136. The number of para-hydroxylation sites is 1. The molecule has 2 rings (SSSR count). The van der Waals surface area contributed by atoms with E-state index in [-0.39, 0.29) is 6.54 Å². The normalized spacial score (nSPS) is 10.5. The van der Waals surface area contributed by atoms with Gasteiger partial charge in [-0.2, -0.15) is 5.10 Å². The zero-order valence-electron chi connectivity index (χ0n) is 13.6. The molecule has 0 aliphatic carbocycles. The third-order valence-corrected chi connectivity index (χ3v) is 3.66. The first-order valence-electron chi connectivity index (χ1n) is 7.41. The van der Waals surface area contributed by atoms with Crippen LogP contribution in [0.1, 0.15) is 23.9 Å². The SMILES string of the molecule is CCn1nc(C)c(CNC(=O)C(=O)Nc2c(F)cccc2F)c1C. The lowest BCUT2D eigenvalue weighted by atomic mass is 10.2. The van der Waals surface area contributed by atoms with E-state index in [4.69, 9.17) is 0 Å². The second-order valence-electron chi connectivity index (χ2n) is 5.20. The predicted octanol–water partition coefficient (Wildman–Crippen LogP) is 2.05. The summed E-state index contributed by atoms with van der Waals surface area (Å²) in [5.41, 5.74) is 1.78. The highest BCUT2D eigenvalue weighted by Crippen LogP contribution is 2.18. The summed E-state index contributed by atoms with van der Waals surface area (Å²) in [6.45, 7) is 6.39. The molecule has 0 bridgehead atoms. The molecule has 1 heterocycles. The van der Waals surface area contributed by atoms with Gasteiger partial charge < -0.3 is 10.6 Å². The van der Waals surface area contributed by atoms with Crippen LogP contribution in [0, 0.1) is 25.5 Å². The van der Waals surface area contributed by atoms with Crippen molar-refractivity contribution in [2.45, 2.75) is 33.9 Å². The Kier molecular flexibility index (Phi) is 5.28. The number of benzene rings is 1. The van der Waals surface area contributed by atoms with Gasteiger partial charge in [-0.05, 0) is 32.9 Å². The highest BCUT2D eigenvalue weighted by Gasteiger charge is 2.19. The van der Waals surface area contributed by atoms with Gasteiger partial charge in [0.15, 0.2) is 0 Å². The third kappa shape index (κ3) is 3.58. The maximum Gasteiger partial charge on any atom is 0.313 e. The molecule has 2 aromatic rings. The van der Waals surface area contributed by atoms with E-state index < -0.39 is 29.1 Å². The topological polar surface area (TPSA) is 76.0 Å². The van der Waals surface area contributed by atoms with Crippen molar-refractivity contribution in [2.75, 3.05) is 5.32 Å². The molecule has 6 nitrogen and oxygen atoms in total. The van der Waals surface area contributed by atoms with Gasteiger partial charge in [-0.15, -0.1) is 0 Å². The lowest BCUT2D eigenvalue weighted by Gasteiger charge is -2.08. The smallest absolute Gasteiger partial charge is 0.313 e. The van der Waals surface area contributed by atoms with Crippen molar-refractivity contribution < 1.29 is 18.4 Å². The molecular formula is C16H18F2N4O2. The molecular weight excluding hydrogens is 318 g/mol. The molecule has 0 radical (unpaired) electrons. The second kappa shape index (κ2) is 7.20. The van der Waals surface area contributed by atoms with Crippen LogP contribution in [-0.4, -0.2) is 21.6 Å². The van der Waals surface area contributed by atoms with Gasteiger partial charge in [-0.25, -0.2) is 8.78 Å². The number of rotatable bonds is 4. The Morgan fingerprint density at radius 2 is 1.79 bits per heavy atom. The summed E-state index contributed by atoms with van der Waals surface area (Å²) < 4.78 is 28.7. The first kappa shape index (κ1) is 17.6. The molecule has 24 heavy (non-hydrogen) atoms. The number of aryl methyl sites for hydroxylation is 2. The van der Waals surface area contributed by atoms with Crippen LogP contribution in [0.2, 0.25) is 0 Å². The Bertz CT molecular complexity index is 766. The van der Waals surface area contributed by atoms with Crippen LogP contribution in [-0.2, 0) is 22.7 Å². The molecule has 0 fully saturated rings. The highest BCUT2D eigenvalue weighted by molar-refractivity contribution is 6.39. The molecule has 1 aromatic carbocycles. The van der Waals surface area contributed by atoms with Crippen LogP contribution in [0.3, 0.4) is 0 Å². The summed E-state index contributed by atoms with van der Waals surface area (Å²) in [6.07, 6.45) is 0. The molecule has 2 amide bonds. The van der Waals surface area contributed by atoms with E-state index >= 15 is 0 Å². The predicted molar refractivity (Wildman–Crippen MR) is 84.2 cm³/mol. The van der Waals surface area contributed by atoms with Crippen LogP contribution in [0.4, 0.5) is 14.5 Å². The van der Waals surface area contributed by atoms with Gasteiger partial charge in [-0.3, -0.25) is 14.3 Å². The number of halogens is 2. The lowest BCUT2D eigenvalue weighted by Crippen LogP contribution is -2.35. The maximum absolute atomic E-state index is 13.5. The first-order chi connectivity index (χ1) is 11.3. The fourth-order valence-corrected chi connectivity index (χ4v) is 2.33. The number of hydrogen-bond donors (Lipinski definition) is 2. The minimum absolute atomic E-state index is 0.101. The second-order valence-corrected chi connectivity index (χ2v) is 5.20. The number of nitrogens with one attached hydrogen (secondary N) is 2. The van der Waals surface area contributed by atoms with E-state index in [2.05, 4.69) is 10.4 Å². The summed E-state index contributed by atoms with van der Waals surface area (Å²) in [5, 5.41) is 8.67. The molecule has 8 heteroatoms. The third-order valence-electron chi connectivity index (χ3n) is 3.66. The van der Waals surface area contributed by atoms with E-state index in [1.54, 1.807) is 11.6 Å². The summed E-state index contributed by atoms with van der Waals surface area (Å²) in [7, 11) is 0. The van der Waals surface area contributed by atoms with E-state index in [9.17, 15) is 18.4 Å². The zero-order chi connectivity index (χ0) is 17.9. The molecule has 0 atom stereocenters. The quantitative estimate of drug-likeness (QED) is 0.839. The Morgan fingerprint density at radius 1 is 1.17 bits per heavy atom. The molecule has 0 spiro atoms. The fourth-order valence-electron chi connectivity index (χ4n) is 2.33. The standard InChI is InChI=1S/C16H18F2N4O2/c1-4-22-10(3)11(9(2)21-22)8-19-15(23)16(24)20-14-12(17)6-5-7-13(14)18/h5-7H,4,8H2,1-3H3,(H,19,23)(H,20,24). The minimum atomic E-state index is -1.14. The van der Waals surface area contributed by atoms with Crippen molar-refractivity contribution >= 4 is 17.5 Å². The van der Waals surface area contributed by atoms with Crippen molar-refractivity contribution in [2.24, 2.45) is 0 Å². The fraction of sp³-hybridized carbons (Fsp3) is 0.312.